The molecule has 0 N–H and O–H groups in total. The van der Waals surface area contributed by atoms with E-state index in [1.165, 1.54) is 26.4 Å². The van der Waals surface area contributed by atoms with Crippen LogP contribution >= 0.6 is 0 Å². The van der Waals surface area contributed by atoms with Gasteiger partial charge < -0.3 is 4.74 Å². The van der Waals surface area contributed by atoms with Crippen molar-refractivity contribution in [3.63, 3.8) is 0 Å². The van der Waals surface area contributed by atoms with Crippen LogP contribution in [0.25, 0.3) is 0 Å². The molecule has 0 bridgehead atoms. The topological polar surface area (TPSA) is 9.23 Å². The molecular formula is C14H21FO. The van der Waals surface area contributed by atoms with Gasteiger partial charge in [0.25, 0.3) is 0 Å². The van der Waals surface area contributed by atoms with Crippen molar-refractivity contribution in [3.8, 4) is 5.75 Å². The second-order valence-electron chi connectivity index (χ2n) is 4.42. The number of rotatable bonds is 6. The average molecular weight is 224 g/mol. The van der Waals surface area contributed by atoms with Gasteiger partial charge in [-0.05, 0) is 30.0 Å². The Morgan fingerprint density at radius 3 is 2.69 bits per heavy atom. The fourth-order valence-corrected chi connectivity index (χ4v) is 1.89. The summed E-state index contributed by atoms with van der Waals surface area (Å²) in [4.78, 5) is 0. The Balaban J connectivity index is 2.57. The maximum atomic E-state index is 13.4. The van der Waals surface area contributed by atoms with Gasteiger partial charge >= 0.3 is 0 Å². The summed E-state index contributed by atoms with van der Waals surface area (Å²) >= 11 is 0. The van der Waals surface area contributed by atoms with Gasteiger partial charge in [0.15, 0.2) is 11.6 Å². The molecule has 0 radical (unpaired) electrons. The normalized spacial score (nSPS) is 12.5. The summed E-state index contributed by atoms with van der Waals surface area (Å²) in [7, 11) is 1.49. The lowest BCUT2D eigenvalue weighted by Gasteiger charge is -2.11. The Bertz CT molecular complexity index is 323. The van der Waals surface area contributed by atoms with E-state index >= 15 is 0 Å². The van der Waals surface area contributed by atoms with Crippen molar-refractivity contribution >= 4 is 0 Å². The number of hydrogen-bond donors (Lipinski definition) is 0. The molecule has 1 atom stereocenters. The van der Waals surface area contributed by atoms with Gasteiger partial charge in [0.2, 0.25) is 0 Å². The molecule has 90 valence electrons. The highest BCUT2D eigenvalue weighted by molar-refractivity contribution is 5.29. The third-order valence-electron chi connectivity index (χ3n) is 2.85. The first-order valence-corrected chi connectivity index (χ1v) is 5.99. The van der Waals surface area contributed by atoms with Crippen LogP contribution in [0.2, 0.25) is 0 Å². The van der Waals surface area contributed by atoms with E-state index in [2.05, 4.69) is 13.8 Å². The Hall–Kier alpha value is -1.05. The van der Waals surface area contributed by atoms with Crippen molar-refractivity contribution in [2.75, 3.05) is 7.11 Å². The van der Waals surface area contributed by atoms with E-state index in [0.29, 0.717) is 11.7 Å². The number of halogens is 1. The van der Waals surface area contributed by atoms with Crippen LogP contribution in [0.15, 0.2) is 18.2 Å². The maximum absolute atomic E-state index is 13.4. The van der Waals surface area contributed by atoms with Gasteiger partial charge in [-0.15, -0.1) is 0 Å². The smallest absolute Gasteiger partial charge is 0.165 e. The summed E-state index contributed by atoms with van der Waals surface area (Å²) in [5.41, 5.74) is 1.06. The predicted molar refractivity (Wildman–Crippen MR) is 65.3 cm³/mol. The molecule has 1 nitrogen and oxygen atoms in total. The lowest BCUT2D eigenvalue weighted by atomic mass is 9.96. The maximum Gasteiger partial charge on any atom is 0.165 e. The molecule has 1 aromatic rings. The summed E-state index contributed by atoms with van der Waals surface area (Å²) in [6, 6.07) is 5.24. The Kier molecular flexibility index (Phi) is 5.30. The molecule has 0 amide bonds. The molecule has 0 saturated heterocycles. The minimum Gasteiger partial charge on any atom is -0.494 e. The molecule has 1 rings (SSSR count). The summed E-state index contributed by atoms with van der Waals surface area (Å²) < 4.78 is 18.3. The van der Waals surface area contributed by atoms with Crippen molar-refractivity contribution in [2.45, 2.75) is 39.5 Å². The number of methoxy groups -OCH3 is 1. The molecule has 1 unspecified atom stereocenters. The van der Waals surface area contributed by atoms with E-state index in [1.54, 1.807) is 12.1 Å². The zero-order chi connectivity index (χ0) is 12.0. The van der Waals surface area contributed by atoms with Crippen LogP contribution in [0.1, 0.15) is 38.7 Å². The van der Waals surface area contributed by atoms with E-state index in [1.807, 2.05) is 6.07 Å². The Morgan fingerprint density at radius 2 is 2.12 bits per heavy atom. The Labute approximate surface area is 97.6 Å². The molecule has 0 saturated carbocycles. The van der Waals surface area contributed by atoms with Gasteiger partial charge in [-0.3, -0.25) is 0 Å². The third kappa shape index (κ3) is 3.84. The highest BCUT2D eigenvalue weighted by Gasteiger charge is 2.07. The number of benzene rings is 1. The molecule has 0 heterocycles. The lowest BCUT2D eigenvalue weighted by Crippen LogP contribution is -2.00. The monoisotopic (exact) mass is 224 g/mol. The average Bonchev–Trinajstić information content (AvgIpc) is 2.26. The van der Waals surface area contributed by atoms with Gasteiger partial charge in [0, 0.05) is 0 Å². The zero-order valence-electron chi connectivity index (χ0n) is 10.4. The number of unbranched alkanes of at least 4 members (excludes halogenated alkanes) is 1. The molecule has 16 heavy (non-hydrogen) atoms. The molecule has 2 heteroatoms. The molecule has 0 aliphatic heterocycles. The first kappa shape index (κ1) is 13.0. The molecule has 0 spiro atoms. The largest absolute Gasteiger partial charge is 0.494 e. The minimum absolute atomic E-state index is 0.261. The number of hydrogen-bond acceptors (Lipinski definition) is 1. The van der Waals surface area contributed by atoms with Crippen LogP contribution < -0.4 is 4.74 Å². The summed E-state index contributed by atoms with van der Waals surface area (Å²) in [5.74, 6) is 0.681. The van der Waals surface area contributed by atoms with Crippen molar-refractivity contribution < 1.29 is 9.13 Å². The Morgan fingerprint density at radius 1 is 1.38 bits per heavy atom. The first-order chi connectivity index (χ1) is 7.67. The summed E-state index contributed by atoms with van der Waals surface area (Å²) in [6.45, 7) is 4.41. The second-order valence-corrected chi connectivity index (χ2v) is 4.42. The SMILES string of the molecule is CCCCC(C)Cc1ccc(OC)c(F)c1. The molecule has 0 aliphatic carbocycles. The fraction of sp³-hybridized carbons (Fsp3) is 0.571. The first-order valence-electron chi connectivity index (χ1n) is 5.99. The van der Waals surface area contributed by atoms with Crippen LogP contribution in [0.4, 0.5) is 4.39 Å². The van der Waals surface area contributed by atoms with E-state index < -0.39 is 0 Å². The van der Waals surface area contributed by atoms with E-state index in [0.717, 1.165) is 12.0 Å². The van der Waals surface area contributed by atoms with Gasteiger partial charge in [-0.25, -0.2) is 4.39 Å². The van der Waals surface area contributed by atoms with Crippen molar-refractivity contribution in [2.24, 2.45) is 5.92 Å². The van der Waals surface area contributed by atoms with E-state index in [-0.39, 0.29) is 5.82 Å². The second kappa shape index (κ2) is 6.51. The van der Waals surface area contributed by atoms with Crippen LogP contribution in [-0.4, -0.2) is 7.11 Å². The van der Waals surface area contributed by atoms with Crippen LogP contribution in [0.3, 0.4) is 0 Å². The highest BCUT2D eigenvalue weighted by Crippen LogP contribution is 2.21. The van der Waals surface area contributed by atoms with Crippen molar-refractivity contribution in [3.05, 3.63) is 29.6 Å². The van der Waals surface area contributed by atoms with E-state index in [4.69, 9.17) is 4.74 Å². The van der Waals surface area contributed by atoms with Gasteiger partial charge in [0.1, 0.15) is 0 Å². The molecule has 0 aromatic heterocycles. The van der Waals surface area contributed by atoms with Gasteiger partial charge in [-0.2, -0.15) is 0 Å². The molecule has 0 aliphatic rings. The van der Waals surface area contributed by atoms with Gasteiger partial charge in [0.05, 0.1) is 7.11 Å². The van der Waals surface area contributed by atoms with E-state index in [9.17, 15) is 4.39 Å². The highest BCUT2D eigenvalue weighted by atomic mass is 19.1. The minimum atomic E-state index is -0.261. The summed E-state index contributed by atoms with van der Waals surface area (Å²) in [5, 5.41) is 0. The van der Waals surface area contributed by atoms with Crippen LogP contribution in [0.5, 0.6) is 5.75 Å². The molecule has 1 aromatic carbocycles. The molecular weight excluding hydrogens is 203 g/mol. The van der Waals surface area contributed by atoms with Crippen LogP contribution in [0, 0.1) is 11.7 Å². The number of ether oxygens (including phenoxy) is 1. The van der Waals surface area contributed by atoms with Crippen molar-refractivity contribution in [1.29, 1.82) is 0 Å². The third-order valence-corrected chi connectivity index (χ3v) is 2.85. The lowest BCUT2D eigenvalue weighted by molar-refractivity contribution is 0.385. The van der Waals surface area contributed by atoms with Crippen LogP contribution in [-0.2, 0) is 6.42 Å². The standard InChI is InChI=1S/C14H21FO/c1-4-5-6-11(2)9-12-7-8-14(16-3)13(15)10-12/h7-8,10-11H,4-6,9H2,1-3H3. The summed E-state index contributed by atoms with van der Waals surface area (Å²) in [6.07, 6.45) is 4.63. The molecule has 0 fully saturated rings. The fourth-order valence-electron chi connectivity index (χ4n) is 1.89. The van der Waals surface area contributed by atoms with Gasteiger partial charge in [-0.1, -0.05) is 39.2 Å². The quantitative estimate of drug-likeness (QED) is 0.703. The zero-order valence-corrected chi connectivity index (χ0v) is 10.4. The van der Waals surface area contributed by atoms with Crippen molar-refractivity contribution in [1.82, 2.24) is 0 Å². The predicted octanol–water partition coefficient (Wildman–Crippen LogP) is 4.20.